The number of para-hydroxylation sites is 1. The molecule has 0 unspecified atom stereocenters. The van der Waals surface area contributed by atoms with E-state index in [-0.39, 0.29) is 11.8 Å². The highest BCUT2D eigenvalue weighted by molar-refractivity contribution is 6.36. The van der Waals surface area contributed by atoms with E-state index in [9.17, 15) is 14.9 Å². The fourth-order valence-electron chi connectivity index (χ4n) is 7.45. The van der Waals surface area contributed by atoms with Crippen molar-refractivity contribution in [3.05, 3.63) is 160 Å². The van der Waals surface area contributed by atoms with Gasteiger partial charge in [0.2, 0.25) is 0 Å². The Morgan fingerprint density at radius 1 is 0.653 bits per heavy atom. The minimum absolute atomic E-state index is 0.342. The van der Waals surface area contributed by atoms with Crippen LogP contribution in [0.15, 0.2) is 115 Å². The van der Waals surface area contributed by atoms with Crippen molar-refractivity contribution in [1.82, 2.24) is 4.57 Å². The molecule has 0 spiro atoms. The van der Waals surface area contributed by atoms with Gasteiger partial charge in [0.05, 0.1) is 51.7 Å². The Kier molecular flexibility index (Phi) is 6.77. The molecule has 1 aromatic heterocycles. The molecule has 0 bridgehead atoms. The van der Waals surface area contributed by atoms with Gasteiger partial charge >= 0.3 is 0 Å². The molecule has 7 aromatic rings. The maximum Gasteiger partial charge on any atom is 0.268 e. The zero-order valence-corrected chi connectivity index (χ0v) is 27.1. The number of aryl methyl sites for hydroxylation is 3. The smallest absolute Gasteiger partial charge is 0.268 e. The molecule has 0 aliphatic carbocycles. The van der Waals surface area contributed by atoms with E-state index in [1.807, 2.05) is 112 Å². The lowest BCUT2D eigenvalue weighted by Gasteiger charge is -2.20. The normalized spacial score (nSPS) is 12.4. The molecule has 0 radical (unpaired) electrons. The zero-order chi connectivity index (χ0) is 34.0. The minimum atomic E-state index is -0.358. The van der Waals surface area contributed by atoms with Gasteiger partial charge in [-0.05, 0) is 96.6 Å². The molecule has 2 amide bonds. The summed E-state index contributed by atoms with van der Waals surface area (Å²) < 4.78 is 2.05. The van der Waals surface area contributed by atoms with Crippen LogP contribution in [0.4, 0.5) is 11.4 Å². The monoisotopic (exact) mass is 632 g/mol. The van der Waals surface area contributed by atoms with Gasteiger partial charge in [-0.1, -0.05) is 78.4 Å². The zero-order valence-electron chi connectivity index (χ0n) is 27.1. The first-order valence-electron chi connectivity index (χ1n) is 16.0. The molecule has 0 saturated heterocycles. The number of amides is 2. The Bertz CT molecular complexity index is 2530. The lowest BCUT2D eigenvalue weighted by molar-refractivity contribution is 0.0925. The summed E-state index contributed by atoms with van der Waals surface area (Å²) in [6.45, 7) is 13.6. The number of imide groups is 1. The number of aromatic nitrogens is 1. The molecular formula is C43H28N4O2. The highest BCUT2D eigenvalue weighted by Crippen LogP contribution is 2.42. The number of nitrogens with zero attached hydrogens (tertiary/aromatic N) is 4. The molecular weight excluding hydrogens is 604 g/mol. The highest BCUT2D eigenvalue weighted by atomic mass is 16.2. The number of carbonyl (C=O) groups is 2. The van der Waals surface area contributed by atoms with Gasteiger partial charge in [0.25, 0.3) is 11.8 Å². The predicted octanol–water partition coefficient (Wildman–Crippen LogP) is 10.3. The van der Waals surface area contributed by atoms with Crippen LogP contribution in [0, 0.1) is 38.7 Å². The summed E-state index contributed by atoms with van der Waals surface area (Å²) >= 11 is 0. The Balaban J connectivity index is 1.41. The quantitative estimate of drug-likeness (QED) is 0.143. The van der Waals surface area contributed by atoms with Crippen molar-refractivity contribution in [2.45, 2.75) is 20.8 Å². The molecule has 6 nitrogen and oxygen atoms in total. The van der Waals surface area contributed by atoms with Crippen LogP contribution >= 0.6 is 0 Å². The van der Waals surface area contributed by atoms with Crippen molar-refractivity contribution in [2.75, 3.05) is 4.90 Å². The van der Waals surface area contributed by atoms with Crippen LogP contribution in [0.3, 0.4) is 0 Å². The fraction of sp³-hybridized carbons (Fsp3) is 0.0698. The van der Waals surface area contributed by atoms with Crippen LogP contribution in [0.2, 0.25) is 0 Å². The van der Waals surface area contributed by atoms with E-state index in [1.165, 1.54) is 4.90 Å². The van der Waals surface area contributed by atoms with E-state index in [4.69, 9.17) is 6.57 Å². The van der Waals surface area contributed by atoms with E-state index in [2.05, 4.69) is 27.6 Å². The van der Waals surface area contributed by atoms with Gasteiger partial charge < -0.3 is 4.57 Å². The fourth-order valence-corrected chi connectivity index (χ4v) is 7.45. The van der Waals surface area contributed by atoms with Gasteiger partial charge in [0, 0.05) is 10.8 Å². The largest absolute Gasteiger partial charge is 0.308 e. The number of benzene rings is 6. The van der Waals surface area contributed by atoms with Crippen LogP contribution in [0.5, 0.6) is 0 Å². The number of anilines is 1. The molecule has 2 heterocycles. The molecule has 1 aliphatic heterocycles. The first-order valence-corrected chi connectivity index (χ1v) is 16.0. The van der Waals surface area contributed by atoms with Crippen molar-refractivity contribution >= 4 is 45.0 Å². The molecule has 0 fully saturated rings. The van der Waals surface area contributed by atoms with Crippen molar-refractivity contribution in [2.24, 2.45) is 0 Å². The summed E-state index contributed by atoms with van der Waals surface area (Å²) in [5.41, 5.74) is 11.0. The van der Waals surface area contributed by atoms with E-state index >= 15 is 0 Å². The Hall–Kier alpha value is -6.76. The number of rotatable bonds is 4. The van der Waals surface area contributed by atoms with Crippen molar-refractivity contribution < 1.29 is 9.59 Å². The van der Waals surface area contributed by atoms with E-state index in [0.717, 1.165) is 60.8 Å². The maximum absolute atomic E-state index is 14.4. The number of hydrogen-bond acceptors (Lipinski definition) is 3. The van der Waals surface area contributed by atoms with Gasteiger partial charge in [-0.25, -0.2) is 9.74 Å². The molecule has 1 aliphatic rings. The molecule has 6 heteroatoms. The number of carbonyl (C=O) groups excluding carboxylic acids is 2. The van der Waals surface area contributed by atoms with Crippen LogP contribution in [-0.2, 0) is 0 Å². The summed E-state index contributed by atoms with van der Waals surface area (Å²) in [5.74, 6) is -0.700. The predicted molar refractivity (Wildman–Crippen MR) is 194 cm³/mol. The number of nitriles is 1. The Morgan fingerprint density at radius 2 is 1.24 bits per heavy atom. The molecule has 232 valence electrons. The summed E-state index contributed by atoms with van der Waals surface area (Å²) in [6.07, 6.45) is 0. The van der Waals surface area contributed by atoms with E-state index in [0.29, 0.717) is 33.8 Å². The van der Waals surface area contributed by atoms with Crippen molar-refractivity contribution in [3.63, 3.8) is 0 Å². The summed E-state index contributed by atoms with van der Waals surface area (Å²) in [6, 6.07) is 39.0. The van der Waals surface area contributed by atoms with Gasteiger partial charge in [0.15, 0.2) is 5.69 Å². The second-order valence-electron chi connectivity index (χ2n) is 12.5. The van der Waals surface area contributed by atoms with Gasteiger partial charge in [-0.3, -0.25) is 9.59 Å². The minimum Gasteiger partial charge on any atom is -0.308 e. The molecule has 49 heavy (non-hydrogen) atoms. The van der Waals surface area contributed by atoms with Crippen molar-refractivity contribution in [1.29, 1.82) is 5.26 Å². The lowest BCUT2D eigenvalue weighted by atomic mass is 9.97. The molecule has 8 rings (SSSR count). The lowest BCUT2D eigenvalue weighted by Crippen LogP contribution is -2.31. The van der Waals surface area contributed by atoms with E-state index in [1.54, 1.807) is 12.1 Å². The van der Waals surface area contributed by atoms with Crippen LogP contribution in [-0.4, -0.2) is 16.4 Å². The molecule has 0 atom stereocenters. The average molecular weight is 633 g/mol. The molecule has 0 saturated carbocycles. The second-order valence-corrected chi connectivity index (χ2v) is 12.5. The Labute approximate surface area is 283 Å². The van der Waals surface area contributed by atoms with Crippen LogP contribution < -0.4 is 4.90 Å². The van der Waals surface area contributed by atoms with Crippen LogP contribution in [0.25, 0.3) is 54.6 Å². The van der Waals surface area contributed by atoms with Crippen molar-refractivity contribution in [3.8, 4) is 34.0 Å². The average Bonchev–Trinajstić information content (AvgIpc) is 3.57. The highest BCUT2D eigenvalue weighted by Gasteiger charge is 2.40. The maximum atomic E-state index is 14.4. The first-order chi connectivity index (χ1) is 23.8. The number of fused-ring (bicyclic) bond motifs is 4. The summed E-state index contributed by atoms with van der Waals surface area (Å²) in [7, 11) is 0. The molecule has 0 N–H and O–H groups in total. The number of hydrogen-bond donors (Lipinski definition) is 0. The van der Waals surface area contributed by atoms with Gasteiger partial charge in [0.1, 0.15) is 0 Å². The topological polar surface area (TPSA) is 70.5 Å². The third kappa shape index (κ3) is 4.47. The third-order valence-electron chi connectivity index (χ3n) is 9.45. The third-order valence-corrected chi connectivity index (χ3v) is 9.45. The summed E-state index contributed by atoms with van der Waals surface area (Å²) in [4.78, 5) is 33.5. The van der Waals surface area contributed by atoms with Crippen LogP contribution in [0.1, 0.15) is 43.0 Å². The summed E-state index contributed by atoms with van der Waals surface area (Å²) in [5, 5.41) is 11.7. The standard InChI is InChI=1S/C43H28N4O2/c1-25-20-26(2)41(27(3)21-25)47-42(48)33-13-9-15-39(40(33)43(47)49)46-37-18-16-28(31-11-6-5-10-30(31)24-44)22-34(37)35-23-29(17-19-38(35)46)32-12-7-8-14-36(32)45-4/h5-23H,1-3H3. The first kappa shape index (κ1) is 29.6. The van der Waals surface area contributed by atoms with Gasteiger partial charge in [-0.15, -0.1) is 0 Å². The van der Waals surface area contributed by atoms with Gasteiger partial charge in [-0.2, -0.15) is 5.26 Å². The Morgan fingerprint density at radius 3 is 1.90 bits per heavy atom. The molecule has 6 aromatic carbocycles. The second kappa shape index (κ2) is 11.2. The SMILES string of the molecule is [C-]#[N+]c1ccccc1-c1ccc2c(c1)c1cc(-c3ccccc3C#N)ccc1n2-c1cccc2c1C(=O)N(c1c(C)cc(C)cc1C)C2=O. The van der Waals surface area contributed by atoms with E-state index < -0.39 is 0 Å².